The second-order valence-corrected chi connectivity index (χ2v) is 3.59. The predicted molar refractivity (Wildman–Crippen MR) is 50.7 cm³/mol. The molecule has 1 aliphatic rings. The summed E-state index contributed by atoms with van der Waals surface area (Å²) in [6.45, 7) is 14.2. The molecular formula is C9H22N2. The first-order valence-corrected chi connectivity index (χ1v) is 4.56. The average Bonchev–Trinajstić information content (AvgIpc) is 2.40. The van der Waals surface area contributed by atoms with Crippen molar-refractivity contribution in [2.24, 2.45) is 0 Å². The van der Waals surface area contributed by atoms with Crippen LogP contribution in [0.5, 0.6) is 0 Å². The van der Waals surface area contributed by atoms with E-state index in [9.17, 15) is 0 Å². The van der Waals surface area contributed by atoms with Gasteiger partial charge in [0.1, 0.15) is 0 Å². The van der Waals surface area contributed by atoms with Gasteiger partial charge < -0.3 is 5.32 Å². The zero-order valence-electron chi connectivity index (χ0n) is 8.57. The van der Waals surface area contributed by atoms with Crippen LogP contribution in [0.3, 0.4) is 0 Å². The van der Waals surface area contributed by atoms with Crippen molar-refractivity contribution in [3.05, 3.63) is 0 Å². The molecule has 0 atom stereocenters. The summed E-state index contributed by atoms with van der Waals surface area (Å²) in [4.78, 5) is 2.44. The van der Waals surface area contributed by atoms with Crippen LogP contribution < -0.4 is 5.32 Å². The van der Waals surface area contributed by atoms with Crippen LogP contribution in [0.15, 0.2) is 0 Å². The molecular weight excluding hydrogens is 136 g/mol. The Hall–Kier alpha value is -0.0800. The zero-order chi connectivity index (χ0) is 8.91. The molecule has 0 amide bonds. The first-order chi connectivity index (χ1) is 5.11. The van der Waals surface area contributed by atoms with Crippen LogP contribution in [0.25, 0.3) is 0 Å². The van der Waals surface area contributed by atoms with E-state index < -0.39 is 0 Å². The van der Waals surface area contributed by atoms with Gasteiger partial charge in [-0.3, -0.25) is 4.90 Å². The molecule has 2 nitrogen and oxygen atoms in total. The maximum absolute atomic E-state index is 3.30. The van der Waals surface area contributed by atoms with E-state index >= 15 is 0 Å². The van der Waals surface area contributed by atoms with Crippen molar-refractivity contribution in [1.29, 1.82) is 0 Å². The highest BCUT2D eigenvalue weighted by molar-refractivity contribution is 4.79. The molecule has 0 aromatic rings. The highest BCUT2D eigenvalue weighted by atomic mass is 15.3. The van der Waals surface area contributed by atoms with Crippen LogP contribution in [0, 0.1) is 0 Å². The van der Waals surface area contributed by atoms with Crippen LogP contribution in [0.4, 0.5) is 0 Å². The summed E-state index contributed by atoms with van der Waals surface area (Å²) in [5, 5.41) is 3.30. The van der Waals surface area contributed by atoms with Crippen molar-refractivity contribution >= 4 is 0 Å². The smallest absolute Gasteiger partial charge is 0.0486 e. The monoisotopic (exact) mass is 158 g/mol. The predicted octanol–water partition coefficient (Wildman–Crippen LogP) is 1.67. The van der Waals surface area contributed by atoms with E-state index in [1.807, 2.05) is 13.8 Å². The highest BCUT2D eigenvalue weighted by Crippen LogP contribution is 2.12. The molecule has 0 unspecified atom stereocenters. The van der Waals surface area contributed by atoms with Gasteiger partial charge in [0, 0.05) is 25.3 Å². The van der Waals surface area contributed by atoms with E-state index in [2.05, 4.69) is 31.0 Å². The van der Waals surface area contributed by atoms with Gasteiger partial charge in [-0.05, 0) is 20.8 Å². The van der Waals surface area contributed by atoms with Gasteiger partial charge in [-0.2, -0.15) is 0 Å². The molecule has 68 valence electrons. The first kappa shape index (κ1) is 10.9. The highest BCUT2D eigenvalue weighted by Gasteiger charge is 2.23. The van der Waals surface area contributed by atoms with Gasteiger partial charge >= 0.3 is 0 Å². The lowest BCUT2D eigenvalue weighted by atomic mass is 10.1. The molecule has 11 heavy (non-hydrogen) atoms. The number of nitrogens with one attached hydrogen (secondary N) is 1. The Morgan fingerprint density at radius 1 is 1.18 bits per heavy atom. The van der Waals surface area contributed by atoms with E-state index in [4.69, 9.17) is 0 Å². The molecule has 0 bridgehead atoms. The molecule has 1 aliphatic heterocycles. The normalized spacial score (nSPS) is 19.4. The van der Waals surface area contributed by atoms with Crippen LogP contribution in [-0.4, -0.2) is 30.2 Å². The lowest BCUT2D eigenvalue weighted by Gasteiger charge is -2.30. The standard InChI is InChI=1S/C7H16N2.C2H6/c1-7(2,3)9-5-4-8-6-9;1-2/h8H,4-6H2,1-3H3;1-2H3. The van der Waals surface area contributed by atoms with Crippen LogP contribution >= 0.6 is 0 Å². The van der Waals surface area contributed by atoms with E-state index in [1.54, 1.807) is 0 Å². The van der Waals surface area contributed by atoms with Crippen molar-refractivity contribution in [3.8, 4) is 0 Å². The van der Waals surface area contributed by atoms with Crippen LogP contribution in [-0.2, 0) is 0 Å². The van der Waals surface area contributed by atoms with Gasteiger partial charge in [-0.25, -0.2) is 0 Å². The Morgan fingerprint density at radius 2 is 1.73 bits per heavy atom. The number of nitrogens with zero attached hydrogens (tertiary/aromatic N) is 1. The van der Waals surface area contributed by atoms with Crippen molar-refractivity contribution in [1.82, 2.24) is 10.2 Å². The number of rotatable bonds is 0. The summed E-state index contributed by atoms with van der Waals surface area (Å²) >= 11 is 0. The fraction of sp³-hybridized carbons (Fsp3) is 1.00. The molecule has 1 N–H and O–H groups in total. The third-order valence-corrected chi connectivity index (χ3v) is 1.81. The summed E-state index contributed by atoms with van der Waals surface area (Å²) in [5.74, 6) is 0. The number of hydrogen-bond acceptors (Lipinski definition) is 2. The molecule has 0 saturated carbocycles. The second kappa shape index (κ2) is 4.73. The fourth-order valence-electron chi connectivity index (χ4n) is 1.08. The molecule has 0 spiro atoms. The zero-order valence-corrected chi connectivity index (χ0v) is 8.57. The van der Waals surface area contributed by atoms with Crippen molar-refractivity contribution in [3.63, 3.8) is 0 Å². The Morgan fingerprint density at radius 3 is 1.91 bits per heavy atom. The molecule has 1 heterocycles. The second-order valence-electron chi connectivity index (χ2n) is 3.59. The Bertz CT molecular complexity index is 88.2. The molecule has 1 fully saturated rings. The van der Waals surface area contributed by atoms with Gasteiger partial charge in [0.25, 0.3) is 0 Å². The lowest BCUT2D eigenvalue weighted by molar-refractivity contribution is 0.173. The maximum Gasteiger partial charge on any atom is 0.0486 e. The summed E-state index contributed by atoms with van der Waals surface area (Å²) in [6.07, 6.45) is 0. The van der Waals surface area contributed by atoms with E-state index in [0.29, 0.717) is 5.54 Å². The van der Waals surface area contributed by atoms with E-state index in [0.717, 1.165) is 13.2 Å². The lowest BCUT2D eigenvalue weighted by Crippen LogP contribution is -2.40. The average molecular weight is 158 g/mol. The SMILES string of the molecule is CC.CC(C)(C)N1CCNC1. The van der Waals surface area contributed by atoms with Gasteiger partial charge in [-0.1, -0.05) is 13.8 Å². The Kier molecular flexibility index (Phi) is 4.69. The van der Waals surface area contributed by atoms with Gasteiger partial charge in [0.2, 0.25) is 0 Å². The first-order valence-electron chi connectivity index (χ1n) is 4.56. The Labute approximate surface area is 71.0 Å². The van der Waals surface area contributed by atoms with Gasteiger partial charge in [0.05, 0.1) is 0 Å². The molecule has 0 aromatic heterocycles. The quantitative estimate of drug-likeness (QED) is 0.577. The van der Waals surface area contributed by atoms with Crippen LogP contribution in [0.2, 0.25) is 0 Å². The molecule has 0 radical (unpaired) electrons. The molecule has 2 heteroatoms. The van der Waals surface area contributed by atoms with E-state index in [-0.39, 0.29) is 0 Å². The third kappa shape index (κ3) is 3.73. The summed E-state index contributed by atoms with van der Waals surface area (Å²) in [7, 11) is 0. The molecule has 0 aromatic carbocycles. The molecule has 1 saturated heterocycles. The summed E-state index contributed by atoms with van der Waals surface area (Å²) < 4.78 is 0. The minimum absolute atomic E-state index is 0.351. The van der Waals surface area contributed by atoms with Crippen molar-refractivity contribution < 1.29 is 0 Å². The van der Waals surface area contributed by atoms with Gasteiger partial charge in [0.15, 0.2) is 0 Å². The fourth-order valence-corrected chi connectivity index (χ4v) is 1.08. The van der Waals surface area contributed by atoms with Crippen molar-refractivity contribution in [2.75, 3.05) is 19.8 Å². The number of hydrogen-bond donors (Lipinski definition) is 1. The van der Waals surface area contributed by atoms with E-state index in [1.165, 1.54) is 6.54 Å². The van der Waals surface area contributed by atoms with Crippen LogP contribution in [0.1, 0.15) is 34.6 Å². The van der Waals surface area contributed by atoms with Crippen molar-refractivity contribution in [2.45, 2.75) is 40.2 Å². The maximum atomic E-state index is 3.30. The topological polar surface area (TPSA) is 15.3 Å². The summed E-state index contributed by atoms with van der Waals surface area (Å²) in [6, 6.07) is 0. The van der Waals surface area contributed by atoms with Gasteiger partial charge in [-0.15, -0.1) is 0 Å². The largest absolute Gasteiger partial charge is 0.303 e. The molecule has 1 rings (SSSR count). The Balaban J connectivity index is 0.000000461. The minimum atomic E-state index is 0.351. The molecule has 0 aliphatic carbocycles. The summed E-state index contributed by atoms with van der Waals surface area (Å²) in [5.41, 5.74) is 0.351. The minimum Gasteiger partial charge on any atom is -0.303 e. The third-order valence-electron chi connectivity index (χ3n) is 1.81.